The number of aryl methyl sites for hydroxylation is 1. The van der Waals surface area contributed by atoms with Crippen LogP contribution < -0.4 is 10.6 Å². The maximum Gasteiger partial charge on any atom is 0.235 e. The highest BCUT2D eigenvalue weighted by Gasteiger charge is 2.36. The Bertz CT molecular complexity index is 490. The minimum Gasteiger partial charge on any atom is -0.329 e. The molecule has 2 N–H and O–H groups in total. The van der Waals surface area contributed by atoms with Crippen LogP contribution in [-0.4, -0.2) is 19.0 Å². The van der Waals surface area contributed by atoms with Crippen molar-refractivity contribution in [1.29, 1.82) is 5.26 Å². The largest absolute Gasteiger partial charge is 0.329 e. The van der Waals surface area contributed by atoms with Crippen molar-refractivity contribution in [3.05, 3.63) is 29.3 Å². The summed E-state index contributed by atoms with van der Waals surface area (Å²) >= 11 is 0. The Balaban J connectivity index is 2.46. The molecule has 1 heterocycles. The second-order valence-electron chi connectivity index (χ2n) is 4.26. The van der Waals surface area contributed by atoms with Gasteiger partial charge >= 0.3 is 0 Å². The molecule has 0 saturated heterocycles. The van der Waals surface area contributed by atoms with Gasteiger partial charge in [0.15, 0.2) is 0 Å². The average molecular weight is 229 g/mol. The van der Waals surface area contributed by atoms with Crippen LogP contribution in [0.15, 0.2) is 18.2 Å². The van der Waals surface area contributed by atoms with Gasteiger partial charge in [0.1, 0.15) is 0 Å². The van der Waals surface area contributed by atoms with Crippen molar-refractivity contribution in [2.24, 2.45) is 5.73 Å². The first-order valence-corrected chi connectivity index (χ1v) is 5.68. The van der Waals surface area contributed by atoms with E-state index < -0.39 is 0 Å². The van der Waals surface area contributed by atoms with Gasteiger partial charge in [-0.05, 0) is 18.6 Å². The van der Waals surface area contributed by atoms with Crippen molar-refractivity contribution in [3.63, 3.8) is 0 Å². The van der Waals surface area contributed by atoms with E-state index in [0.29, 0.717) is 13.1 Å². The Labute approximate surface area is 101 Å². The third kappa shape index (κ3) is 1.90. The van der Waals surface area contributed by atoms with Gasteiger partial charge in [-0.25, -0.2) is 0 Å². The number of hydrogen-bond acceptors (Lipinski definition) is 3. The van der Waals surface area contributed by atoms with Crippen molar-refractivity contribution in [2.75, 3.05) is 18.0 Å². The van der Waals surface area contributed by atoms with Gasteiger partial charge in [0.05, 0.1) is 18.4 Å². The lowest BCUT2D eigenvalue weighted by Crippen LogP contribution is -2.33. The van der Waals surface area contributed by atoms with Crippen molar-refractivity contribution in [1.82, 2.24) is 0 Å². The zero-order chi connectivity index (χ0) is 12.4. The number of fused-ring (bicyclic) bond motifs is 1. The fourth-order valence-electron chi connectivity index (χ4n) is 2.29. The first-order chi connectivity index (χ1) is 8.19. The lowest BCUT2D eigenvalue weighted by molar-refractivity contribution is -0.119. The molecule has 0 saturated carbocycles. The van der Waals surface area contributed by atoms with Gasteiger partial charge in [-0.2, -0.15) is 5.26 Å². The van der Waals surface area contributed by atoms with Crippen LogP contribution in [0.4, 0.5) is 5.69 Å². The molecule has 1 aromatic rings. The van der Waals surface area contributed by atoms with Crippen molar-refractivity contribution in [2.45, 2.75) is 19.3 Å². The summed E-state index contributed by atoms with van der Waals surface area (Å²) in [5.74, 6) is -0.320. The molecule has 88 valence electrons. The van der Waals surface area contributed by atoms with Crippen LogP contribution >= 0.6 is 0 Å². The topological polar surface area (TPSA) is 70.1 Å². The molecule has 0 fully saturated rings. The molecule has 1 amide bonds. The van der Waals surface area contributed by atoms with E-state index in [1.165, 1.54) is 0 Å². The van der Waals surface area contributed by atoms with Crippen LogP contribution in [0, 0.1) is 18.3 Å². The number of nitriles is 1. The number of hydrogen-bond donors (Lipinski definition) is 1. The fraction of sp³-hybridized carbons (Fsp3) is 0.385. The second kappa shape index (κ2) is 4.56. The van der Waals surface area contributed by atoms with Crippen LogP contribution in [0.1, 0.15) is 23.5 Å². The van der Waals surface area contributed by atoms with Gasteiger partial charge in [-0.15, -0.1) is 0 Å². The van der Waals surface area contributed by atoms with Crippen LogP contribution in [0.5, 0.6) is 0 Å². The van der Waals surface area contributed by atoms with E-state index in [-0.39, 0.29) is 18.2 Å². The van der Waals surface area contributed by atoms with Gasteiger partial charge in [0.25, 0.3) is 0 Å². The molecule has 4 nitrogen and oxygen atoms in total. The molecule has 1 atom stereocenters. The van der Waals surface area contributed by atoms with Gasteiger partial charge in [-0.3, -0.25) is 4.79 Å². The summed E-state index contributed by atoms with van der Waals surface area (Å²) in [5.41, 5.74) is 8.50. The molecule has 2 rings (SSSR count). The average Bonchev–Trinajstić information content (AvgIpc) is 2.55. The van der Waals surface area contributed by atoms with E-state index in [0.717, 1.165) is 16.8 Å². The number of carbonyl (C=O) groups is 1. The molecule has 0 aliphatic carbocycles. The smallest absolute Gasteiger partial charge is 0.235 e. The molecule has 4 heteroatoms. The number of anilines is 1. The minimum atomic E-state index is -0.318. The summed E-state index contributed by atoms with van der Waals surface area (Å²) < 4.78 is 0. The monoisotopic (exact) mass is 229 g/mol. The molecule has 0 spiro atoms. The Kier molecular flexibility index (Phi) is 3.12. The summed E-state index contributed by atoms with van der Waals surface area (Å²) in [4.78, 5) is 13.9. The Morgan fingerprint density at radius 1 is 1.53 bits per heavy atom. The molecule has 0 aromatic heterocycles. The van der Waals surface area contributed by atoms with Crippen LogP contribution in [0.3, 0.4) is 0 Å². The molecule has 0 unspecified atom stereocenters. The number of rotatable bonds is 3. The van der Waals surface area contributed by atoms with E-state index in [1.54, 1.807) is 4.90 Å². The highest BCUT2D eigenvalue weighted by Crippen LogP contribution is 2.39. The maximum absolute atomic E-state index is 12.2. The molecular formula is C13H15N3O. The molecule has 1 aliphatic heterocycles. The van der Waals surface area contributed by atoms with Crippen molar-refractivity contribution >= 4 is 11.6 Å². The van der Waals surface area contributed by atoms with Gasteiger partial charge < -0.3 is 10.6 Å². The van der Waals surface area contributed by atoms with E-state index in [2.05, 4.69) is 6.07 Å². The number of amides is 1. The molecule has 0 radical (unpaired) electrons. The number of carbonyl (C=O) groups excluding carboxylic acids is 1. The van der Waals surface area contributed by atoms with Crippen molar-refractivity contribution in [3.8, 4) is 6.07 Å². The molecular weight excluding hydrogens is 214 g/mol. The zero-order valence-electron chi connectivity index (χ0n) is 9.81. The van der Waals surface area contributed by atoms with E-state index >= 15 is 0 Å². The first kappa shape index (κ1) is 11.6. The Morgan fingerprint density at radius 3 is 2.94 bits per heavy atom. The fourth-order valence-corrected chi connectivity index (χ4v) is 2.29. The Hall–Kier alpha value is -1.86. The number of nitrogens with zero attached hydrogens (tertiary/aromatic N) is 2. The molecule has 17 heavy (non-hydrogen) atoms. The van der Waals surface area contributed by atoms with E-state index in [4.69, 9.17) is 11.0 Å². The second-order valence-corrected chi connectivity index (χ2v) is 4.26. The van der Waals surface area contributed by atoms with E-state index in [9.17, 15) is 4.79 Å². The van der Waals surface area contributed by atoms with Gasteiger partial charge in [0, 0.05) is 18.8 Å². The third-order valence-electron chi connectivity index (χ3n) is 3.06. The molecule has 1 aliphatic rings. The molecule has 1 aromatic carbocycles. The van der Waals surface area contributed by atoms with Gasteiger partial charge in [-0.1, -0.05) is 17.7 Å². The normalized spacial score (nSPS) is 18.1. The first-order valence-electron chi connectivity index (χ1n) is 5.68. The lowest BCUT2D eigenvalue weighted by Gasteiger charge is -2.16. The van der Waals surface area contributed by atoms with E-state index in [1.807, 2.05) is 25.1 Å². The minimum absolute atomic E-state index is 0.00222. The van der Waals surface area contributed by atoms with Crippen molar-refractivity contribution < 1.29 is 4.79 Å². The highest BCUT2D eigenvalue weighted by atomic mass is 16.2. The predicted octanol–water partition coefficient (Wildman–Crippen LogP) is 1.30. The summed E-state index contributed by atoms with van der Waals surface area (Å²) in [7, 11) is 0. The lowest BCUT2D eigenvalue weighted by atomic mass is 9.96. The highest BCUT2D eigenvalue weighted by molar-refractivity contribution is 6.05. The summed E-state index contributed by atoms with van der Waals surface area (Å²) in [6, 6.07) is 7.99. The summed E-state index contributed by atoms with van der Waals surface area (Å²) in [6.07, 6.45) is 0.232. The number of nitrogens with two attached hydrogens (primary N) is 1. The van der Waals surface area contributed by atoms with Crippen LogP contribution in [0.2, 0.25) is 0 Å². The maximum atomic E-state index is 12.2. The predicted molar refractivity (Wildman–Crippen MR) is 65.6 cm³/mol. The zero-order valence-corrected chi connectivity index (χ0v) is 9.81. The number of benzene rings is 1. The summed E-state index contributed by atoms with van der Waals surface area (Å²) in [5, 5.41) is 8.81. The Morgan fingerprint density at radius 2 is 2.29 bits per heavy atom. The standard InChI is InChI=1S/C13H15N3O/c1-9-2-3-12-11(8-9)10(4-5-14)13(17)16(12)7-6-15/h2-3,8,10H,4,6-7,15H2,1H3/t10-/m1/s1. The van der Waals surface area contributed by atoms with Crippen LogP contribution in [0.25, 0.3) is 0 Å². The van der Waals surface area contributed by atoms with Gasteiger partial charge in [0.2, 0.25) is 5.91 Å². The molecule has 0 bridgehead atoms. The van der Waals surface area contributed by atoms with Crippen LogP contribution in [-0.2, 0) is 4.79 Å². The third-order valence-corrected chi connectivity index (χ3v) is 3.06. The SMILES string of the molecule is Cc1ccc2c(c1)[C@@H](CC#N)C(=O)N2CCN. The quantitative estimate of drug-likeness (QED) is 0.849. The summed E-state index contributed by atoms with van der Waals surface area (Å²) in [6.45, 7) is 2.93.